The van der Waals surface area contributed by atoms with Gasteiger partial charge in [-0.15, -0.1) is 0 Å². The molecule has 0 radical (unpaired) electrons. The van der Waals surface area contributed by atoms with Gasteiger partial charge in [0.1, 0.15) is 11.4 Å². The Morgan fingerprint density at radius 3 is 3.00 bits per heavy atom. The minimum atomic E-state index is 0.879. The molecule has 0 fully saturated rings. The summed E-state index contributed by atoms with van der Waals surface area (Å²) in [6.07, 6.45) is 1.04. The molecular weight excluding hydrogens is 226 g/mol. The van der Waals surface area contributed by atoms with Crippen molar-refractivity contribution in [1.82, 2.24) is 15.1 Å². The maximum atomic E-state index is 5.43. The molecule has 2 heterocycles. The summed E-state index contributed by atoms with van der Waals surface area (Å²) in [5.74, 6) is 0.879. The predicted octanol–water partition coefficient (Wildman–Crippen LogP) is 1.74. The standard InChI is InChI=1S/C14H17N3O/c1-17-12-7-8-15-9-11(12)14(16-17)10-5-3-4-6-13(10)18-2/h3-6,15H,7-9H2,1-2H3. The number of aryl methyl sites for hydroxylation is 1. The van der Waals surface area contributed by atoms with Gasteiger partial charge in [-0.1, -0.05) is 12.1 Å². The van der Waals surface area contributed by atoms with Crippen LogP contribution in [0, 0.1) is 0 Å². The molecule has 0 saturated carbocycles. The fourth-order valence-electron chi connectivity index (χ4n) is 2.58. The highest BCUT2D eigenvalue weighted by molar-refractivity contribution is 5.71. The molecule has 94 valence electrons. The van der Waals surface area contributed by atoms with Gasteiger partial charge in [0.25, 0.3) is 0 Å². The van der Waals surface area contributed by atoms with E-state index in [-0.39, 0.29) is 0 Å². The molecule has 4 nitrogen and oxygen atoms in total. The highest BCUT2D eigenvalue weighted by Crippen LogP contribution is 2.33. The fraction of sp³-hybridized carbons (Fsp3) is 0.357. The van der Waals surface area contributed by atoms with Gasteiger partial charge in [-0.3, -0.25) is 4.68 Å². The first-order valence-corrected chi connectivity index (χ1v) is 6.20. The van der Waals surface area contributed by atoms with Gasteiger partial charge in [0.2, 0.25) is 0 Å². The van der Waals surface area contributed by atoms with Crippen LogP contribution in [0.4, 0.5) is 0 Å². The number of benzene rings is 1. The van der Waals surface area contributed by atoms with E-state index in [2.05, 4.69) is 16.5 Å². The van der Waals surface area contributed by atoms with Crippen molar-refractivity contribution in [2.75, 3.05) is 13.7 Å². The van der Waals surface area contributed by atoms with Crippen LogP contribution in [0.3, 0.4) is 0 Å². The van der Waals surface area contributed by atoms with Crippen LogP contribution < -0.4 is 10.1 Å². The van der Waals surface area contributed by atoms with Gasteiger partial charge in [0.05, 0.1) is 7.11 Å². The molecule has 1 aromatic carbocycles. The number of para-hydroxylation sites is 1. The van der Waals surface area contributed by atoms with Crippen molar-refractivity contribution in [1.29, 1.82) is 0 Å². The summed E-state index contributed by atoms with van der Waals surface area (Å²) in [5, 5.41) is 8.08. The van der Waals surface area contributed by atoms with Gasteiger partial charge < -0.3 is 10.1 Å². The van der Waals surface area contributed by atoms with Crippen LogP contribution in [-0.4, -0.2) is 23.4 Å². The molecule has 1 aliphatic rings. The SMILES string of the molecule is COc1ccccc1-c1nn(C)c2c1CNCC2. The predicted molar refractivity (Wildman–Crippen MR) is 70.6 cm³/mol. The smallest absolute Gasteiger partial charge is 0.128 e. The maximum Gasteiger partial charge on any atom is 0.128 e. The molecule has 1 N–H and O–H groups in total. The van der Waals surface area contributed by atoms with Crippen LogP contribution >= 0.6 is 0 Å². The first kappa shape index (κ1) is 11.3. The van der Waals surface area contributed by atoms with Crippen molar-refractivity contribution in [2.45, 2.75) is 13.0 Å². The van der Waals surface area contributed by atoms with Crippen molar-refractivity contribution in [2.24, 2.45) is 7.05 Å². The lowest BCUT2D eigenvalue weighted by atomic mass is 10.0. The van der Waals surface area contributed by atoms with Gasteiger partial charge in [-0.25, -0.2) is 0 Å². The Bertz CT molecular complexity index is 574. The van der Waals surface area contributed by atoms with E-state index in [1.165, 1.54) is 11.3 Å². The van der Waals surface area contributed by atoms with Crippen molar-refractivity contribution in [3.05, 3.63) is 35.5 Å². The van der Waals surface area contributed by atoms with E-state index in [4.69, 9.17) is 4.74 Å². The van der Waals surface area contributed by atoms with Crippen molar-refractivity contribution < 1.29 is 4.74 Å². The lowest BCUT2D eigenvalue weighted by molar-refractivity contribution is 0.416. The molecule has 0 unspecified atom stereocenters. The highest BCUT2D eigenvalue weighted by Gasteiger charge is 2.21. The first-order valence-electron chi connectivity index (χ1n) is 6.20. The zero-order chi connectivity index (χ0) is 12.5. The molecule has 3 rings (SSSR count). The fourth-order valence-corrected chi connectivity index (χ4v) is 2.58. The first-order chi connectivity index (χ1) is 8.81. The van der Waals surface area contributed by atoms with Crippen LogP contribution in [0.1, 0.15) is 11.3 Å². The molecule has 0 bridgehead atoms. The van der Waals surface area contributed by atoms with Crippen LogP contribution in [0.2, 0.25) is 0 Å². The topological polar surface area (TPSA) is 39.1 Å². The number of methoxy groups -OCH3 is 1. The third-order valence-corrected chi connectivity index (χ3v) is 3.48. The Hall–Kier alpha value is -1.81. The number of nitrogens with zero attached hydrogens (tertiary/aromatic N) is 2. The van der Waals surface area contributed by atoms with Crippen LogP contribution in [-0.2, 0) is 20.0 Å². The van der Waals surface area contributed by atoms with Gasteiger partial charge in [0, 0.05) is 43.4 Å². The summed E-state index contributed by atoms with van der Waals surface area (Å²) in [6.45, 7) is 1.91. The molecule has 2 aromatic rings. The number of aromatic nitrogens is 2. The number of ether oxygens (including phenoxy) is 1. The lowest BCUT2D eigenvalue weighted by Crippen LogP contribution is -2.24. The summed E-state index contributed by atoms with van der Waals surface area (Å²) in [4.78, 5) is 0. The normalized spacial score (nSPS) is 14.3. The molecule has 18 heavy (non-hydrogen) atoms. The summed E-state index contributed by atoms with van der Waals surface area (Å²) in [5.41, 5.74) is 4.74. The van der Waals surface area contributed by atoms with E-state index in [0.717, 1.165) is 36.5 Å². The second-order valence-electron chi connectivity index (χ2n) is 4.52. The van der Waals surface area contributed by atoms with Crippen LogP contribution in [0.25, 0.3) is 11.3 Å². The number of hydrogen-bond donors (Lipinski definition) is 1. The summed E-state index contributed by atoms with van der Waals surface area (Å²) >= 11 is 0. The van der Waals surface area contributed by atoms with E-state index in [9.17, 15) is 0 Å². The molecule has 0 saturated heterocycles. The summed E-state index contributed by atoms with van der Waals surface area (Å²) < 4.78 is 7.43. The Balaban J connectivity index is 2.17. The zero-order valence-electron chi connectivity index (χ0n) is 10.7. The number of fused-ring (bicyclic) bond motifs is 1. The summed E-state index contributed by atoms with van der Waals surface area (Å²) in [6, 6.07) is 8.05. The minimum Gasteiger partial charge on any atom is -0.496 e. The molecule has 1 aromatic heterocycles. The van der Waals surface area contributed by atoms with Gasteiger partial charge in [-0.05, 0) is 12.1 Å². The molecular formula is C14H17N3O. The van der Waals surface area contributed by atoms with Gasteiger partial charge in [0.15, 0.2) is 0 Å². The van der Waals surface area contributed by atoms with E-state index in [0.29, 0.717) is 0 Å². The van der Waals surface area contributed by atoms with Gasteiger partial charge in [-0.2, -0.15) is 5.10 Å². The Labute approximate surface area is 107 Å². The third-order valence-electron chi connectivity index (χ3n) is 3.48. The lowest BCUT2D eigenvalue weighted by Gasteiger charge is -2.15. The number of nitrogens with one attached hydrogen (secondary N) is 1. The molecule has 4 heteroatoms. The highest BCUT2D eigenvalue weighted by atomic mass is 16.5. The van der Waals surface area contributed by atoms with Crippen LogP contribution in [0.15, 0.2) is 24.3 Å². The number of rotatable bonds is 2. The largest absolute Gasteiger partial charge is 0.496 e. The summed E-state index contributed by atoms with van der Waals surface area (Å²) in [7, 11) is 3.72. The Morgan fingerprint density at radius 1 is 1.33 bits per heavy atom. The molecule has 1 aliphatic heterocycles. The van der Waals surface area contributed by atoms with Crippen molar-refractivity contribution in [3.63, 3.8) is 0 Å². The minimum absolute atomic E-state index is 0.879. The quantitative estimate of drug-likeness (QED) is 0.873. The van der Waals surface area contributed by atoms with Crippen molar-refractivity contribution in [3.8, 4) is 17.0 Å². The molecule has 0 atom stereocenters. The third kappa shape index (κ3) is 1.69. The molecule has 0 spiro atoms. The van der Waals surface area contributed by atoms with E-state index < -0.39 is 0 Å². The Morgan fingerprint density at radius 2 is 2.17 bits per heavy atom. The zero-order valence-corrected chi connectivity index (χ0v) is 10.7. The van der Waals surface area contributed by atoms with Gasteiger partial charge >= 0.3 is 0 Å². The number of hydrogen-bond acceptors (Lipinski definition) is 3. The molecule has 0 aliphatic carbocycles. The van der Waals surface area contributed by atoms with Crippen LogP contribution in [0.5, 0.6) is 5.75 Å². The second-order valence-corrected chi connectivity index (χ2v) is 4.52. The van der Waals surface area contributed by atoms with E-state index in [1.807, 2.05) is 29.9 Å². The second kappa shape index (κ2) is 4.46. The maximum absolute atomic E-state index is 5.43. The molecule has 0 amide bonds. The monoisotopic (exact) mass is 243 g/mol. The van der Waals surface area contributed by atoms with E-state index >= 15 is 0 Å². The average Bonchev–Trinajstić information content (AvgIpc) is 2.77. The van der Waals surface area contributed by atoms with Crippen molar-refractivity contribution >= 4 is 0 Å². The Kier molecular flexibility index (Phi) is 2.80. The average molecular weight is 243 g/mol. The van der Waals surface area contributed by atoms with E-state index in [1.54, 1.807) is 7.11 Å².